The van der Waals surface area contributed by atoms with Crippen LogP contribution in [-0.2, 0) is 0 Å². The minimum atomic E-state index is -0.319. The largest absolute Gasteiger partial charge is 0.316 e. The molecule has 0 amide bonds. The van der Waals surface area contributed by atoms with Gasteiger partial charge in [-0.2, -0.15) is 0 Å². The number of piperidine rings is 1. The Labute approximate surface area is 105 Å². The van der Waals surface area contributed by atoms with Gasteiger partial charge in [0, 0.05) is 30.6 Å². The maximum absolute atomic E-state index is 13.8. The summed E-state index contributed by atoms with van der Waals surface area (Å²) in [6, 6.07) is 1.68. The second-order valence-electron chi connectivity index (χ2n) is 4.56. The minimum Gasteiger partial charge on any atom is -0.316 e. The summed E-state index contributed by atoms with van der Waals surface area (Å²) in [6.45, 7) is 1.99. The number of nitrogens with one attached hydrogen (secondary N) is 1. The normalized spacial score (nSPS) is 19.9. The summed E-state index contributed by atoms with van der Waals surface area (Å²) < 4.78 is 15.6. The first kappa shape index (κ1) is 11.3. The minimum absolute atomic E-state index is 0.319. The monoisotopic (exact) mass is 246 g/mol. The quantitative estimate of drug-likeness (QED) is 0.879. The Bertz CT molecular complexity index is 531. The topological polar surface area (TPSA) is 42.7 Å². The highest BCUT2D eigenvalue weighted by Crippen LogP contribution is 2.25. The van der Waals surface area contributed by atoms with Crippen molar-refractivity contribution in [2.75, 3.05) is 13.1 Å². The van der Waals surface area contributed by atoms with Crippen molar-refractivity contribution in [3.05, 3.63) is 42.5 Å². The van der Waals surface area contributed by atoms with Gasteiger partial charge in [-0.1, -0.05) is 0 Å². The molecule has 18 heavy (non-hydrogen) atoms. The lowest BCUT2D eigenvalue weighted by Gasteiger charge is -2.23. The number of nitrogens with zero attached hydrogens (tertiary/aromatic N) is 3. The molecule has 1 fully saturated rings. The molecule has 0 aromatic carbocycles. The molecule has 94 valence electrons. The van der Waals surface area contributed by atoms with Crippen molar-refractivity contribution in [2.45, 2.75) is 18.8 Å². The molecule has 1 unspecified atom stereocenters. The zero-order valence-corrected chi connectivity index (χ0v) is 10.0. The molecule has 3 rings (SSSR count). The van der Waals surface area contributed by atoms with E-state index in [-0.39, 0.29) is 5.82 Å². The van der Waals surface area contributed by atoms with Gasteiger partial charge in [0.1, 0.15) is 0 Å². The molecule has 0 saturated carbocycles. The Morgan fingerprint density at radius 3 is 3.06 bits per heavy atom. The highest BCUT2D eigenvalue weighted by Gasteiger charge is 2.20. The van der Waals surface area contributed by atoms with E-state index in [1.807, 2.05) is 10.8 Å². The lowest BCUT2D eigenvalue weighted by molar-refractivity contribution is 0.450. The van der Waals surface area contributed by atoms with Gasteiger partial charge in [0.05, 0.1) is 18.2 Å². The van der Waals surface area contributed by atoms with Gasteiger partial charge in [-0.05, 0) is 25.5 Å². The number of hydrogen-bond acceptors (Lipinski definition) is 3. The van der Waals surface area contributed by atoms with Gasteiger partial charge in [-0.15, -0.1) is 0 Å². The van der Waals surface area contributed by atoms with Crippen LogP contribution in [0.3, 0.4) is 0 Å². The van der Waals surface area contributed by atoms with Crippen molar-refractivity contribution in [3.8, 4) is 5.69 Å². The number of halogens is 1. The fraction of sp³-hybridized carbons (Fsp3) is 0.385. The number of imidazole rings is 1. The van der Waals surface area contributed by atoms with E-state index in [0.29, 0.717) is 11.6 Å². The average molecular weight is 246 g/mol. The summed E-state index contributed by atoms with van der Waals surface area (Å²) in [7, 11) is 0. The van der Waals surface area contributed by atoms with Crippen molar-refractivity contribution in [3.63, 3.8) is 0 Å². The molecule has 4 nitrogen and oxygen atoms in total. The maximum atomic E-state index is 13.8. The second-order valence-corrected chi connectivity index (χ2v) is 4.56. The number of aromatic nitrogens is 3. The predicted octanol–water partition coefficient (Wildman–Crippen LogP) is 1.87. The van der Waals surface area contributed by atoms with Crippen molar-refractivity contribution < 1.29 is 4.39 Å². The van der Waals surface area contributed by atoms with Crippen molar-refractivity contribution >= 4 is 0 Å². The third-order valence-corrected chi connectivity index (χ3v) is 3.39. The Balaban J connectivity index is 1.98. The van der Waals surface area contributed by atoms with Crippen LogP contribution in [0.15, 0.2) is 31.0 Å². The van der Waals surface area contributed by atoms with Crippen LogP contribution < -0.4 is 5.32 Å². The molecule has 2 aromatic heterocycles. The summed E-state index contributed by atoms with van der Waals surface area (Å²) in [5.74, 6) is 0.0781. The summed E-state index contributed by atoms with van der Waals surface area (Å²) in [5, 5.41) is 3.37. The van der Waals surface area contributed by atoms with Crippen LogP contribution >= 0.6 is 0 Å². The molecule has 2 aromatic rings. The molecule has 3 heterocycles. The molecule has 1 saturated heterocycles. The van der Waals surface area contributed by atoms with Gasteiger partial charge in [-0.3, -0.25) is 9.55 Å². The van der Waals surface area contributed by atoms with Gasteiger partial charge in [0.2, 0.25) is 0 Å². The van der Waals surface area contributed by atoms with Crippen molar-refractivity contribution in [2.24, 2.45) is 0 Å². The van der Waals surface area contributed by atoms with E-state index in [1.54, 1.807) is 18.6 Å². The lowest BCUT2D eigenvalue weighted by atomic mass is 9.96. The molecule has 0 bridgehead atoms. The Kier molecular flexibility index (Phi) is 3.06. The zero-order chi connectivity index (χ0) is 12.4. The Morgan fingerprint density at radius 2 is 2.28 bits per heavy atom. The van der Waals surface area contributed by atoms with Crippen LogP contribution in [0.1, 0.15) is 24.5 Å². The first-order valence-corrected chi connectivity index (χ1v) is 6.19. The molecule has 0 radical (unpaired) electrons. The summed E-state index contributed by atoms with van der Waals surface area (Å²) in [6.07, 6.45) is 8.60. The van der Waals surface area contributed by atoms with E-state index in [1.165, 1.54) is 6.20 Å². The highest BCUT2D eigenvalue weighted by atomic mass is 19.1. The van der Waals surface area contributed by atoms with Crippen molar-refractivity contribution in [1.82, 2.24) is 19.9 Å². The lowest BCUT2D eigenvalue weighted by Crippen LogP contribution is -2.29. The fourth-order valence-corrected chi connectivity index (χ4v) is 2.48. The molecule has 1 N–H and O–H groups in total. The Hall–Kier alpha value is -1.75. The number of rotatable bonds is 2. The maximum Gasteiger partial charge on any atom is 0.165 e. The summed E-state index contributed by atoms with van der Waals surface area (Å²) in [5.41, 5.74) is 1.58. The van der Waals surface area contributed by atoms with E-state index < -0.39 is 0 Å². The van der Waals surface area contributed by atoms with Gasteiger partial charge in [0.15, 0.2) is 5.82 Å². The molecular weight excluding hydrogens is 231 g/mol. The van der Waals surface area contributed by atoms with Crippen LogP contribution in [0, 0.1) is 5.82 Å². The van der Waals surface area contributed by atoms with Gasteiger partial charge in [0.25, 0.3) is 0 Å². The molecule has 5 heteroatoms. The zero-order valence-electron chi connectivity index (χ0n) is 10.0. The molecular formula is C13H15FN4. The van der Waals surface area contributed by atoms with Crippen LogP contribution in [0.4, 0.5) is 4.39 Å². The van der Waals surface area contributed by atoms with E-state index in [9.17, 15) is 4.39 Å². The first-order valence-electron chi connectivity index (χ1n) is 6.19. The molecule has 0 spiro atoms. The van der Waals surface area contributed by atoms with Gasteiger partial charge < -0.3 is 5.32 Å². The van der Waals surface area contributed by atoms with Crippen LogP contribution in [0.25, 0.3) is 5.69 Å². The fourth-order valence-electron chi connectivity index (χ4n) is 2.48. The third kappa shape index (κ3) is 2.01. The van der Waals surface area contributed by atoms with Crippen LogP contribution in [0.5, 0.6) is 0 Å². The molecule has 0 aliphatic carbocycles. The number of hydrogen-bond donors (Lipinski definition) is 1. The molecule has 1 atom stereocenters. The predicted molar refractivity (Wildman–Crippen MR) is 66.2 cm³/mol. The smallest absolute Gasteiger partial charge is 0.165 e. The highest BCUT2D eigenvalue weighted by molar-refractivity contribution is 5.34. The average Bonchev–Trinajstić information content (AvgIpc) is 2.89. The standard InChI is InChI=1S/C13H15FN4/c14-11-7-16-5-3-12(11)18-9-17-8-13(18)10-2-1-4-15-6-10/h3,5,7-10,15H,1-2,4,6H2. The third-order valence-electron chi connectivity index (χ3n) is 3.39. The van der Waals surface area contributed by atoms with Crippen LogP contribution in [-0.4, -0.2) is 27.6 Å². The molecule has 1 aliphatic heterocycles. The summed E-state index contributed by atoms with van der Waals surface area (Å²) >= 11 is 0. The summed E-state index contributed by atoms with van der Waals surface area (Å²) in [4.78, 5) is 7.94. The Morgan fingerprint density at radius 1 is 1.33 bits per heavy atom. The van der Waals surface area contributed by atoms with E-state index >= 15 is 0 Å². The van der Waals surface area contributed by atoms with E-state index in [0.717, 1.165) is 31.6 Å². The van der Waals surface area contributed by atoms with Gasteiger partial charge >= 0.3 is 0 Å². The van der Waals surface area contributed by atoms with Gasteiger partial charge in [-0.25, -0.2) is 9.37 Å². The second kappa shape index (κ2) is 4.86. The first-order chi connectivity index (χ1) is 8.86. The van der Waals surface area contributed by atoms with E-state index in [2.05, 4.69) is 15.3 Å². The molecule has 1 aliphatic rings. The van der Waals surface area contributed by atoms with Crippen LogP contribution in [0.2, 0.25) is 0 Å². The number of pyridine rings is 1. The van der Waals surface area contributed by atoms with E-state index in [4.69, 9.17) is 0 Å². The van der Waals surface area contributed by atoms with Crippen molar-refractivity contribution in [1.29, 1.82) is 0 Å². The SMILES string of the molecule is Fc1cnccc1-n1cncc1C1CCCNC1.